The molecule has 22 heavy (non-hydrogen) atoms. The van der Waals surface area contributed by atoms with E-state index >= 15 is 0 Å². The van der Waals surface area contributed by atoms with Crippen LogP contribution in [0.3, 0.4) is 0 Å². The second-order valence-electron chi connectivity index (χ2n) is 4.67. The minimum absolute atomic E-state index is 0.179. The van der Waals surface area contributed by atoms with Gasteiger partial charge in [0.05, 0.1) is 5.56 Å². The monoisotopic (exact) mass is 300 g/mol. The number of hydrogen-bond acceptors (Lipinski definition) is 5. The van der Waals surface area contributed by atoms with E-state index < -0.39 is 12.3 Å². The molecule has 0 fully saturated rings. The van der Waals surface area contributed by atoms with Gasteiger partial charge in [-0.2, -0.15) is 0 Å². The van der Waals surface area contributed by atoms with E-state index in [0.29, 0.717) is 11.3 Å². The van der Waals surface area contributed by atoms with Crippen LogP contribution in [0.2, 0.25) is 0 Å². The fourth-order valence-corrected chi connectivity index (χ4v) is 1.97. The van der Waals surface area contributed by atoms with Crippen LogP contribution < -0.4 is 4.74 Å². The van der Waals surface area contributed by atoms with Crippen molar-refractivity contribution >= 4 is 11.8 Å². The van der Waals surface area contributed by atoms with Gasteiger partial charge < -0.3 is 14.6 Å². The zero-order valence-corrected chi connectivity index (χ0v) is 12.3. The molecule has 0 spiro atoms. The van der Waals surface area contributed by atoms with Crippen LogP contribution in [0, 0.1) is 0 Å². The lowest BCUT2D eigenvalue weighted by Gasteiger charge is -2.15. The molecule has 0 aliphatic carbocycles. The second kappa shape index (κ2) is 6.76. The predicted octanol–water partition coefficient (Wildman–Crippen LogP) is 2.91. The molecule has 5 heteroatoms. The number of hydrogen-bond donors (Lipinski definition) is 1. The quantitative estimate of drug-likeness (QED) is 0.522. The van der Waals surface area contributed by atoms with Gasteiger partial charge in [-0.1, -0.05) is 30.3 Å². The molecule has 0 amide bonds. The van der Waals surface area contributed by atoms with Crippen LogP contribution in [0.5, 0.6) is 11.5 Å². The highest BCUT2D eigenvalue weighted by Crippen LogP contribution is 2.26. The third-order valence-corrected chi connectivity index (χ3v) is 2.88. The summed E-state index contributed by atoms with van der Waals surface area (Å²) in [5.74, 6) is -0.637. The summed E-state index contributed by atoms with van der Waals surface area (Å²) < 4.78 is 10.2. The predicted molar refractivity (Wildman–Crippen MR) is 79.8 cm³/mol. The minimum atomic E-state index is -0.785. The maximum Gasteiger partial charge on any atom is 0.305 e. The van der Waals surface area contributed by atoms with Crippen molar-refractivity contribution in [2.45, 2.75) is 20.1 Å². The number of ether oxygens (including phenoxy) is 2. The van der Waals surface area contributed by atoms with E-state index in [0.717, 1.165) is 0 Å². The second-order valence-corrected chi connectivity index (χ2v) is 4.67. The number of rotatable bonds is 5. The number of carbonyl (C=O) groups excluding carboxylic acids is 2. The average Bonchev–Trinajstić information content (AvgIpc) is 2.46. The Morgan fingerprint density at radius 3 is 2.36 bits per heavy atom. The third kappa shape index (κ3) is 3.85. The van der Waals surface area contributed by atoms with Crippen LogP contribution in [0.4, 0.5) is 0 Å². The molecule has 1 atom stereocenters. The van der Waals surface area contributed by atoms with Gasteiger partial charge >= 0.3 is 5.97 Å². The van der Waals surface area contributed by atoms with Crippen molar-refractivity contribution in [3.63, 3.8) is 0 Å². The van der Waals surface area contributed by atoms with E-state index in [9.17, 15) is 14.7 Å². The fraction of sp³-hybridized carbons (Fsp3) is 0.176. The first kappa shape index (κ1) is 15.6. The number of carbonyl (C=O) groups is 2. The fourth-order valence-electron chi connectivity index (χ4n) is 1.97. The van der Waals surface area contributed by atoms with Crippen molar-refractivity contribution in [2.24, 2.45) is 0 Å². The van der Waals surface area contributed by atoms with Crippen LogP contribution in [0.1, 0.15) is 29.8 Å². The van der Waals surface area contributed by atoms with Crippen molar-refractivity contribution in [2.75, 3.05) is 0 Å². The van der Waals surface area contributed by atoms with Gasteiger partial charge in [-0.15, -0.1) is 0 Å². The summed E-state index contributed by atoms with van der Waals surface area (Å²) in [6.45, 7) is 2.83. The molecular weight excluding hydrogens is 284 g/mol. The molecule has 0 aliphatic rings. The molecule has 0 bridgehead atoms. The largest absolute Gasteiger partial charge is 0.507 e. The van der Waals surface area contributed by atoms with Crippen molar-refractivity contribution in [3.8, 4) is 11.5 Å². The number of phenols is 1. The van der Waals surface area contributed by atoms with Crippen LogP contribution in [-0.2, 0) is 9.53 Å². The molecule has 0 saturated carbocycles. The number of aromatic hydroxyl groups is 1. The zero-order valence-electron chi connectivity index (χ0n) is 12.3. The molecule has 114 valence electrons. The molecule has 2 aromatic rings. The molecule has 0 saturated heterocycles. The summed E-state index contributed by atoms with van der Waals surface area (Å²) in [4.78, 5) is 23.1. The highest BCUT2D eigenvalue weighted by molar-refractivity contribution is 6.10. The highest BCUT2D eigenvalue weighted by atomic mass is 16.7. The molecule has 0 aliphatic heterocycles. The van der Waals surface area contributed by atoms with Gasteiger partial charge in [0.2, 0.25) is 6.29 Å². The lowest BCUT2D eigenvalue weighted by Crippen LogP contribution is -2.19. The van der Waals surface area contributed by atoms with Gasteiger partial charge in [-0.05, 0) is 12.1 Å². The van der Waals surface area contributed by atoms with Crippen molar-refractivity contribution < 1.29 is 24.2 Å². The van der Waals surface area contributed by atoms with Gasteiger partial charge in [-0.25, -0.2) is 0 Å². The first-order chi connectivity index (χ1) is 10.5. The normalized spacial score (nSPS) is 11.5. The van der Waals surface area contributed by atoms with Gasteiger partial charge in [0.25, 0.3) is 0 Å². The number of ketones is 1. The first-order valence-electron chi connectivity index (χ1n) is 6.74. The maximum atomic E-state index is 12.3. The standard InChI is InChI=1S/C17H16O5/c1-11(18)21-12(2)22-14-8-9-15(16(19)10-14)17(20)13-6-4-3-5-7-13/h3-10,12,19H,1-2H3. The highest BCUT2D eigenvalue weighted by Gasteiger charge is 2.15. The van der Waals surface area contributed by atoms with Gasteiger partial charge in [0, 0.05) is 25.5 Å². The molecule has 0 radical (unpaired) electrons. The first-order valence-corrected chi connectivity index (χ1v) is 6.74. The SMILES string of the molecule is CC(=O)OC(C)Oc1ccc(C(=O)c2ccccc2)c(O)c1. The third-order valence-electron chi connectivity index (χ3n) is 2.88. The Kier molecular flexibility index (Phi) is 4.78. The van der Waals surface area contributed by atoms with Crippen molar-refractivity contribution in [3.05, 3.63) is 59.7 Å². The molecule has 5 nitrogen and oxygen atoms in total. The topological polar surface area (TPSA) is 72.8 Å². The maximum absolute atomic E-state index is 12.3. The lowest BCUT2D eigenvalue weighted by molar-refractivity contribution is -0.158. The van der Waals surface area contributed by atoms with Gasteiger partial charge in [-0.3, -0.25) is 9.59 Å². The van der Waals surface area contributed by atoms with Crippen molar-refractivity contribution in [1.82, 2.24) is 0 Å². The van der Waals surface area contributed by atoms with Gasteiger partial charge in [0.15, 0.2) is 5.78 Å². The Balaban J connectivity index is 2.16. The summed E-state index contributed by atoms with van der Waals surface area (Å²) in [5.41, 5.74) is 0.665. The molecule has 2 aromatic carbocycles. The van der Waals surface area contributed by atoms with E-state index in [1.807, 2.05) is 6.07 Å². The Morgan fingerprint density at radius 2 is 1.77 bits per heavy atom. The van der Waals surface area contributed by atoms with E-state index in [1.165, 1.54) is 25.1 Å². The summed E-state index contributed by atoms with van der Waals surface area (Å²) in [5, 5.41) is 10.0. The Morgan fingerprint density at radius 1 is 1.09 bits per heavy atom. The van der Waals surface area contributed by atoms with E-state index in [1.54, 1.807) is 31.2 Å². The van der Waals surface area contributed by atoms with E-state index in [2.05, 4.69) is 0 Å². The van der Waals surface area contributed by atoms with Crippen LogP contribution in [0.25, 0.3) is 0 Å². The summed E-state index contributed by atoms with van der Waals surface area (Å²) in [7, 11) is 0. The molecular formula is C17H16O5. The zero-order chi connectivity index (χ0) is 16.1. The Bertz CT molecular complexity index is 679. The average molecular weight is 300 g/mol. The number of benzene rings is 2. The number of phenolic OH excluding ortho intramolecular Hbond substituents is 1. The van der Waals surface area contributed by atoms with Crippen LogP contribution in [-0.4, -0.2) is 23.1 Å². The minimum Gasteiger partial charge on any atom is -0.507 e. The lowest BCUT2D eigenvalue weighted by atomic mass is 10.0. The smallest absolute Gasteiger partial charge is 0.305 e. The number of esters is 1. The summed E-state index contributed by atoms with van der Waals surface area (Å²) >= 11 is 0. The van der Waals surface area contributed by atoms with Crippen LogP contribution in [0.15, 0.2) is 48.5 Å². The molecule has 2 rings (SSSR count). The molecule has 1 N–H and O–H groups in total. The van der Waals surface area contributed by atoms with Crippen LogP contribution >= 0.6 is 0 Å². The summed E-state index contributed by atoms with van der Waals surface area (Å²) in [6, 6.07) is 13.0. The Hall–Kier alpha value is -2.82. The van der Waals surface area contributed by atoms with Gasteiger partial charge in [0.1, 0.15) is 11.5 Å². The van der Waals surface area contributed by atoms with E-state index in [4.69, 9.17) is 9.47 Å². The molecule has 0 heterocycles. The van der Waals surface area contributed by atoms with Crippen molar-refractivity contribution in [1.29, 1.82) is 0 Å². The summed E-state index contributed by atoms with van der Waals surface area (Å²) in [6.07, 6.45) is -0.785. The van der Waals surface area contributed by atoms with E-state index in [-0.39, 0.29) is 17.1 Å². The Labute approximate surface area is 128 Å². The molecule has 1 unspecified atom stereocenters. The molecule has 0 aromatic heterocycles.